The Kier molecular flexibility index (Phi) is 8.55. The summed E-state index contributed by atoms with van der Waals surface area (Å²) in [5, 5.41) is 7.51. The number of benzene rings is 3. The number of imide groups is 1. The van der Waals surface area contributed by atoms with Crippen molar-refractivity contribution in [3.05, 3.63) is 118 Å². The number of rotatable bonds is 9. The quantitative estimate of drug-likeness (QED) is 0.190. The summed E-state index contributed by atoms with van der Waals surface area (Å²) in [6.45, 7) is 3.38. The van der Waals surface area contributed by atoms with E-state index in [4.69, 9.17) is 0 Å². The average molecular weight is 771 g/mol. The second-order valence-electron chi connectivity index (χ2n) is 15.4. The largest absolute Gasteiger partial charge is 0.366 e. The number of hydrogen-bond donors (Lipinski definition) is 2. The van der Waals surface area contributed by atoms with Gasteiger partial charge in [0.05, 0.1) is 24.5 Å². The van der Waals surface area contributed by atoms with E-state index in [-0.39, 0.29) is 35.4 Å². The van der Waals surface area contributed by atoms with E-state index in [2.05, 4.69) is 54.7 Å². The molecule has 4 amide bonds. The fraction of sp³-hybridized carbons (Fsp3) is 0.333. The maximum atomic E-state index is 15.9. The Bertz CT molecular complexity index is 2400. The number of aryl methyl sites for hydroxylation is 1. The second-order valence-corrected chi connectivity index (χ2v) is 16.3. The van der Waals surface area contributed by atoms with Gasteiger partial charge < -0.3 is 14.4 Å². The maximum Gasteiger partial charge on any atom is 0.255 e. The molecule has 2 bridgehead atoms. The minimum absolute atomic E-state index is 0.0404. The lowest BCUT2D eigenvalue weighted by Gasteiger charge is -2.36. The van der Waals surface area contributed by atoms with Crippen LogP contribution in [0, 0.1) is 5.82 Å². The van der Waals surface area contributed by atoms with Crippen molar-refractivity contribution in [2.45, 2.75) is 75.8 Å². The number of likely N-dealkylation sites (tertiary alicyclic amines) is 1. The second kappa shape index (κ2) is 13.8. The zero-order valence-corrected chi connectivity index (χ0v) is 31.3. The number of aromatic nitrogens is 3. The Morgan fingerprint density at radius 2 is 1.88 bits per heavy atom. The van der Waals surface area contributed by atoms with Gasteiger partial charge in [-0.3, -0.25) is 34.7 Å². The van der Waals surface area contributed by atoms with Gasteiger partial charge in [0.1, 0.15) is 5.82 Å². The van der Waals surface area contributed by atoms with Gasteiger partial charge in [-0.2, -0.15) is 0 Å². The molecule has 10 rings (SSSR count). The normalized spacial score (nSPS) is 22.1. The first-order valence-electron chi connectivity index (χ1n) is 19.2. The van der Waals surface area contributed by atoms with Crippen molar-refractivity contribution < 1.29 is 23.6 Å². The van der Waals surface area contributed by atoms with Crippen molar-refractivity contribution in [2.75, 3.05) is 23.3 Å². The summed E-state index contributed by atoms with van der Waals surface area (Å²) in [5.41, 5.74) is 6.60. The summed E-state index contributed by atoms with van der Waals surface area (Å²) in [4.78, 5) is 67.3. The van der Waals surface area contributed by atoms with Crippen molar-refractivity contribution in [3.8, 4) is 11.1 Å². The van der Waals surface area contributed by atoms with Crippen LogP contribution in [-0.4, -0.2) is 73.1 Å². The molecule has 3 saturated heterocycles. The van der Waals surface area contributed by atoms with Crippen LogP contribution in [0.25, 0.3) is 11.1 Å². The Labute approximate surface area is 326 Å². The first kappa shape index (κ1) is 34.7. The zero-order chi connectivity index (χ0) is 38.1. The van der Waals surface area contributed by atoms with Crippen LogP contribution in [-0.2, 0) is 40.4 Å². The molecular weight excluding hydrogens is 732 g/mol. The minimum Gasteiger partial charge on any atom is -0.366 e. The van der Waals surface area contributed by atoms with Crippen LogP contribution in [0.15, 0.2) is 78.6 Å². The molecule has 5 aromatic rings. The molecule has 56 heavy (non-hydrogen) atoms. The molecule has 5 aliphatic heterocycles. The third-order valence-corrected chi connectivity index (χ3v) is 12.8. The molecular formula is C42H39FN8O4S. The van der Waals surface area contributed by atoms with E-state index in [1.54, 1.807) is 24.0 Å². The highest BCUT2D eigenvalue weighted by Gasteiger charge is 2.44. The molecule has 2 unspecified atom stereocenters. The highest BCUT2D eigenvalue weighted by molar-refractivity contribution is 7.13. The van der Waals surface area contributed by atoms with Crippen molar-refractivity contribution in [3.63, 3.8) is 0 Å². The van der Waals surface area contributed by atoms with Gasteiger partial charge in [0, 0.05) is 78.8 Å². The van der Waals surface area contributed by atoms with E-state index in [9.17, 15) is 19.2 Å². The number of thiazole rings is 1. The average Bonchev–Trinajstić information content (AvgIpc) is 4.06. The molecule has 0 radical (unpaired) electrons. The Morgan fingerprint density at radius 1 is 1.00 bits per heavy atom. The van der Waals surface area contributed by atoms with E-state index in [0.29, 0.717) is 41.3 Å². The molecule has 0 spiro atoms. The Balaban J connectivity index is 0.832. The number of anilines is 2. The number of nitrogens with one attached hydrogen (secondary N) is 2. The van der Waals surface area contributed by atoms with Gasteiger partial charge in [-0.05, 0) is 72.2 Å². The van der Waals surface area contributed by atoms with Crippen molar-refractivity contribution in [1.82, 2.24) is 29.7 Å². The third-order valence-electron chi connectivity index (χ3n) is 12.2. The number of hydrogen-bond acceptors (Lipinski definition) is 9. The summed E-state index contributed by atoms with van der Waals surface area (Å²) in [5.74, 6) is -2.03. The van der Waals surface area contributed by atoms with Gasteiger partial charge in [0.2, 0.25) is 11.8 Å². The number of amides is 4. The zero-order valence-electron chi connectivity index (χ0n) is 30.5. The van der Waals surface area contributed by atoms with Gasteiger partial charge in [-0.1, -0.05) is 36.4 Å². The molecule has 4 atom stereocenters. The molecule has 7 heterocycles. The van der Waals surface area contributed by atoms with E-state index in [0.717, 1.165) is 67.9 Å². The fourth-order valence-corrected chi connectivity index (χ4v) is 9.96. The van der Waals surface area contributed by atoms with Crippen LogP contribution >= 0.6 is 11.3 Å². The lowest BCUT2D eigenvalue weighted by Crippen LogP contribution is -2.46. The van der Waals surface area contributed by atoms with Crippen molar-refractivity contribution in [1.29, 1.82) is 0 Å². The smallest absolute Gasteiger partial charge is 0.255 e. The molecule has 2 aromatic heterocycles. The van der Waals surface area contributed by atoms with Gasteiger partial charge in [-0.15, -0.1) is 11.3 Å². The molecule has 2 N–H and O–H groups in total. The predicted molar refractivity (Wildman–Crippen MR) is 207 cm³/mol. The molecule has 12 nitrogen and oxygen atoms in total. The van der Waals surface area contributed by atoms with Gasteiger partial charge in [0.15, 0.2) is 11.2 Å². The van der Waals surface area contributed by atoms with E-state index >= 15 is 4.39 Å². The SMILES string of the molecule is O=C1CCC(c2cccc(CN3C[C@H]4C[C@@H]3CN4c3ccc(-c4cc(F)c5c(c4)C(=O)N(C(C(=O)Nc4nccs4)c4ncn6c4CCC6)C5)cc3)c2)C(=O)N1. The molecule has 3 aromatic carbocycles. The van der Waals surface area contributed by atoms with Crippen LogP contribution < -0.4 is 15.5 Å². The van der Waals surface area contributed by atoms with Crippen LogP contribution in [0.5, 0.6) is 0 Å². The summed E-state index contributed by atoms with van der Waals surface area (Å²) >= 11 is 1.29. The first-order valence-corrected chi connectivity index (χ1v) is 20.1. The van der Waals surface area contributed by atoms with Gasteiger partial charge in [0.25, 0.3) is 11.8 Å². The van der Waals surface area contributed by atoms with Crippen LogP contribution in [0.3, 0.4) is 0 Å². The molecule has 0 saturated carbocycles. The summed E-state index contributed by atoms with van der Waals surface area (Å²) in [6, 6.07) is 19.3. The number of carbonyl (C=O) groups excluding carboxylic acids is 4. The number of fused-ring (bicyclic) bond motifs is 4. The number of halogens is 1. The molecule has 14 heteroatoms. The summed E-state index contributed by atoms with van der Waals surface area (Å²) in [6.07, 6.45) is 6.96. The topological polar surface area (TPSA) is 133 Å². The van der Waals surface area contributed by atoms with Crippen molar-refractivity contribution in [2.24, 2.45) is 0 Å². The lowest BCUT2D eigenvalue weighted by atomic mass is 9.89. The molecule has 0 aliphatic carbocycles. The number of piperidine rings is 1. The Morgan fingerprint density at radius 3 is 2.66 bits per heavy atom. The monoisotopic (exact) mass is 770 g/mol. The van der Waals surface area contributed by atoms with Crippen LogP contribution in [0.1, 0.15) is 76.1 Å². The van der Waals surface area contributed by atoms with Crippen molar-refractivity contribution >= 4 is 45.8 Å². The van der Waals surface area contributed by atoms with Gasteiger partial charge >= 0.3 is 0 Å². The predicted octanol–water partition coefficient (Wildman–Crippen LogP) is 5.41. The van der Waals surface area contributed by atoms with Crippen LogP contribution in [0.2, 0.25) is 0 Å². The highest BCUT2D eigenvalue weighted by Crippen LogP contribution is 2.40. The summed E-state index contributed by atoms with van der Waals surface area (Å²) in [7, 11) is 0. The number of piperazine rings is 1. The minimum atomic E-state index is -1.04. The first-order chi connectivity index (χ1) is 27.3. The van der Waals surface area contributed by atoms with Gasteiger partial charge in [-0.25, -0.2) is 14.4 Å². The highest BCUT2D eigenvalue weighted by atomic mass is 32.1. The number of imidazole rings is 1. The molecule has 284 valence electrons. The van der Waals surface area contributed by atoms with E-state index in [1.165, 1.54) is 27.9 Å². The third kappa shape index (κ3) is 6.07. The standard InChI is InChI=1S/C42H39FN8O4S/c43-34-17-27(16-32-33(34)22-51(41(32)55)38(40(54)47-42-44-12-14-56-42)37-35-5-2-13-48(35)23-45-37)25-6-8-28(9-7-25)50-21-29-18-30(50)20-49(29)19-24-3-1-4-26(15-24)31-10-11-36(52)46-39(31)53/h1,3-4,6-9,12,14-17,23,29-31,38H,2,5,10-11,13,18-22H2,(H,44,47,54)(H,46,52,53)/t29-,30-,31?,38?/m1/s1. The van der Waals surface area contributed by atoms with Crippen LogP contribution in [0.4, 0.5) is 15.2 Å². The molecule has 5 aliphatic rings. The number of nitrogens with zero attached hydrogens (tertiary/aromatic N) is 6. The lowest BCUT2D eigenvalue weighted by molar-refractivity contribution is -0.134. The van der Waals surface area contributed by atoms with E-state index in [1.807, 2.05) is 28.8 Å². The summed E-state index contributed by atoms with van der Waals surface area (Å²) < 4.78 is 18.0. The molecule has 3 fully saturated rings. The Hall–Kier alpha value is -5.73. The fourth-order valence-electron chi connectivity index (χ4n) is 9.42. The number of carbonyl (C=O) groups is 4. The van der Waals surface area contributed by atoms with E-state index < -0.39 is 23.7 Å². The maximum absolute atomic E-state index is 15.9.